The van der Waals surface area contributed by atoms with Crippen LogP contribution in [0, 0.1) is 0 Å². The summed E-state index contributed by atoms with van der Waals surface area (Å²) in [6, 6.07) is 46.8. The minimum Gasteiger partial charge on any atom is -0.455 e. The van der Waals surface area contributed by atoms with Gasteiger partial charge in [0.1, 0.15) is 11.2 Å². The van der Waals surface area contributed by atoms with Gasteiger partial charge in [-0.1, -0.05) is 78.9 Å². The van der Waals surface area contributed by atoms with Crippen molar-refractivity contribution in [2.24, 2.45) is 0 Å². The Bertz CT molecular complexity index is 2340. The van der Waals surface area contributed by atoms with Gasteiger partial charge in [-0.2, -0.15) is 0 Å². The third-order valence-corrected chi connectivity index (χ3v) is 9.49. The summed E-state index contributed by atoms with van der Waals surface area (Å²) in [6.45, 7) is 0. The number of para-hydroxylation sites is 4. The summed E-state index contributed by atoms with van der Waals surface area (Å²) in [7, 11) is 0. The van der Waals surface area contributed by atoms with E-state index >= 15 is 0 Å². The molecular formula is C39H26N2O. The van der Waals surface area contributed by atoms with E-state index < -0.39 is 0 Å². The van der Waals surface area contributed by atoms with Gasteiger partial charge in [-0.3, -0.25) is 0 Å². The Morgan fingerprint density at radius 1 is 0.548 bits per heavy atom. The van der Waals surface area contributed by atoms with E-state index in [2.05, 4.69) is 131 Å². The fourth-order valence-corrected chi connectivity index (χ4v) is 7.72. The van der Waals surface area contributed by atoms with Crippen molar-refractivity contribution in [3.8, 4) is 16.8 Å². The van der Waals surface area contributed by atoms with E-state index in [4.69, 9.17) is 4.42 Å². The van der Waals surface area contributed by atoms with Crippen molar-refractivity contribution in [2.45, 2.75) is 18.9 Å². The van der Waals surface area contributed by atoms with Crippen molar-refractivity contribution < 1.29 is 4.42 Å². The number of furan rings is 1. The fraction of sp³-hybridized carbons (Fsp3) is 0.0769. The highest BCUT2D eigenvalue weighted by Crippen LogP contribution is 2.48. The lowest BCUT2D eigenvalue weighted by Gasteiger charge is -2.21. The second kappa shape index (κ2) is 8.14. The smallest absolute Gasteiger partial charge is 0.143 e. The highest BCUT2D eigenvalue weighted by molar-refractivity contribution is 6.10. The number of aromatic nitrogens is 1. The zero-order chi connectivity index (χ0) is 27.4. The van der Waals surface area contributed by atoms with Crippen LogP contribution < -0.4 is 4.90 Å². The Morgan fingerprint density at radius 2 is 1.19 bits per heavy atom. The van der Waals surface area contributed by atoms with Crippen molar-refractivity contribution in [2.75, 3.05) is 4.90 Å². The molecule has 4 heterocycles. The molecule has 0 spiro atoms. The van der Waals surface area contributed by atoms with E-state index in [1.165, 1.54) is 66.3 Å². The lowest BCUT2D eigenvalue weighted by Crippen LogP contribution is -2.22. The normalized spacial score (nSPS) is 15.6. The summed E-state index contributed by atoms with van der Waals surface area (Å²) < 4.78 is 8.79. The van der Waals surface area contributed by atoms with E-state index in [0.29, 0.717) is 6.04 Å². The largest absolute Gasteiger partial charge is 0.455 e. The van der Waals surface area contributed by atoms with Crippen LogP contribution in [0.5, 0.6) is 0 Å². The van der Waals surface area contributed by atoms with Gasteiger partial charge < -0.3 is 13.9 Å². The molecule has 3 heteroatoms. The molecule has 1 atom stereocenters. The molecule has 3 nitrogen and oxygen atoms in total. The zero-order valence-corrected chi connectivity index (χ0v) is 22.9. The molecule has 0 aliphatic carbocycles. The lowest BCUT2D eigenvalue weighted by molar-refractivity contribution is 0.670. The van der Waals surface area contributed by atoms with Crippen molar-refractivity contribution in [3.05, 3.63) is 139 Å². The van der Waals surface area contributed by atoms with Gasteiger partial charge in [0.2, 0.25) is 0 Å². The van der Waals surface area contributed by atoms with Crippen LogP contribution in [-0.4, -0.2) is 10.6 Å². The number of benzene rings is 6. The number of rotatable bonds is 2. The SMILES string of the molecule is c1ccc2c(c1)oc1c(-c3ccc4c(c3)CC3Cc5cc(-n6c7ccccc7c7ccccc76)ccc5N43)cccc12. The standard InChI is InChI=1S/C39H26N2O/c1-4-13-36-30(8-1)31-9-2-5-14-37(31)40(36)27-17-19-35-26(21-27)23-28-22-25-20-24(16-18-34(25)41(28)35)29-11-7-12-33-32-10-3-6-15-38(32)42-39(29)33/h1-21,28H,22-23H2. The molecular weight excluding hydrogens is 512 g/mol. The molecule has 2 aromatic heterocycles. The highest BCUT2D eigenvalue weighted by atomic mass is 16.3. The monoisotopic (exact) mass is 538 g/mol. The molecule has 0 bridgehead atoms. The van der Waals surface area contributed by atoms with Crippen LogP contribution in [-0.2, 0) is 12.8 Å². The van der Waals surface area contributed by atoms with Crippen molar-refractivity contribution >= 4 is 55.1 Å². The van der Waals surface area contributed by atoms with Crippen LogP contribution in [0.2, 0.25) is 0 Å². The average molecular weight is 539 g/mol. The topological polar surface area (TPSA) is 21.3 Å². The van der Waals surface area contributed by atoms with E-state index in [1.54, 1.807) is 0 Å². The first-order valence-electron chi connectivity index (χ1n) is 14.8. The molecule has 6 aromatic carbocycles. The summed E-state index contributed by atoms with van der Waals surface area (Å²) in [5.41, 5.74) is 13.6. The van der Waals surface area contributed by atoms with E-state index in [-0.39, 0.29) is 0 Å². The molecule has 0 saturated carbocycles. The summed E-state index contributed by atoms with van der Waals surface area (Å²) in [5, 5.41) is 4.96. The molecule has 10 rings (SSSR count). The van der Waals surface area contributed by atoms with E-state index in [0.717, 1.165) is 29.6 Å². The number of hydrogen-bond donors (Lipinski definition) is 0. The van der Waals surface area contributed by atoms with E-state index in [1.807, 2.05) is 6.07 Å². The Balaban J connectivity index is 1.06. The van der Waals surface area contributed by atoms with Crippen LogP contribution in [0.15, 0.2) is 132 Å². The molecule has 0 fully saturated rings. The Kier molecular flexibility index (Phi) is 4.35. The first-order valence-corrected chi connectivity index (χ1v) is 14.8. The maximum absolute atomic E-state index is 6.36. The molecule has 0 saturated heterocycles. The maximum atomic E-state index is 6.36. The van der Waals surface area contributed by atoms with Gasteiger partial charge in [0.15, 0.2) is 0 Å². The Hall–Kier alpha value is -5.28. The predicted octanol–water partition coefficient (Wildman–Crippen LogP) is 9.97. The van der Waals surface area contributed by atoms with Crippen molar-refractivity contribution in [3.63, 3.8) is 0 Å². The molecule has 198 valence electrons. The summed E-state index contributed by atoms with van der Waals surface area (Å²) in [5.74, 6) is 0. The predicted molar refractivity (Wildman–Crippen MR) is 173 cm³/mol. The van der Waals surface area contributed by atoms with Crippen LogP contribution in [0.1, 0.15) is 11.1 Å². The van der Waals surface area contributed by atoms with Gasteiger partial charge in [-0.05, 0) is 78.1 Å². The molecule has 0 N–H and O–H groups in total. The van der Waals surface area contributed by atoms with Crippen LogP contribution in [0.25, 0.3) is 60.6 Å². The molecule has 8 aromatic rings. The van der Waals surface area contributed by atoms with Crippen molar-refractivity contribution in [1.82, 2.24) is 4.57 Å². The maximum Gasteiger partial charge on any atom is 0.143 e. The second-order valence-corrected chi connectivity index (χ2v) is 11.7. The molecule has 0 radical (unpaired) electrons. The first-order chi connectivity index (χ1) is 20.8. The number of anilines is 2. The quantitative estimate of drug-likeness (QED) is 0.218. The van der Waals surface area contributed by atoms with Crippen LogP contribution in [0.4, 0.5) is 11.4 Å². The second-order valence-electron chi connectivity index (χ2n) is 11.7. The third-order valence-electron chi connectivity index (χ3n) is 9.49. The number of hydrogen-bond acceptors (Lipinski definition) is 2. The summed E-state index contributed by atoms with van der Waals surface area (Å²) >= 11 is 0. The molecule has 2 aliphatic heterocycles. The molecule has 1 unspecified atom stereocenters. The minimum absolute atomic E-state index is 0.459. The molecule has 42 heavy (non-hydrogen) atoms. The summed E-state index contributed by atoms with van der Waals surface area (Å²) in [6.07, 6.45) is 2.11. The van der Waals surface area contributed by atoms with Crippen LogP contribution in [0.3, 0.4) is 0 Å². The minimum atomic E-state index is 0.459. The molecule has 2 aliphatic rings. The fourth-order valence-electron chi connectivity index (χ4n) is 7.72. The third kappa shape index (κ3) is 2.95. The van der Waals surface area contributed by atoms with E-state index in [9.17, 15) is 0 Å². The Labute approximate surface area is 242 Å². The summed E-state index contributed by atoms with van der Waals surface area (Å²) in [4.78, 5) is 2.58. The van der Waals surface area contributed by atoms with Gasteiger partial charge in [-0.25, -0.2) is 0 Å². The van der Waals surface area contributed by atoms with Crippen LogP contribution >= 0.6 is 0 Å². The molecule has 0 amide bonds. The highest BCUT2D eigenvalue weighted by Gasteiger charge is 2.37. The number of nitrogens with zero attached hydrogens (tertiary/aromatic N) is 2. The average Bonchev–Trinajstić information content (AvgIpc) is 3.77. The number of fused-ring (bicyclic) bond motifs is 11. The zero-order valence-electron chi connectivity index (χ0n) is 22.9. The first kappa shape index (κ1) is 22.4. The van der Waals surface area contributed by atoms with Gasteiger partial charge in [0.05, 0.1) is 11.0 Å². The van der Waals surface area contributed by atoms with Gasteiger partial charge in [0, 0.05) is 50.2 Å². The van der Waals surface area contributed by atoms with Gasteiger partial charge >= 0.3 is 0 Å². The van der Waals surface area contributed by atoms with Gasteiger partial charge in [0.25, 0.3) is 0 Å². The van der Waals surface area contributed by atoms with Crippen molar-refractivity contribution in [1.29, 1.82) is 0 Å². The lowest BCUT2D eigenvalue weighted by atomic mass is 9.97. The van der Waals surface area contributed by atoms with Gasteiger partial charge in [-0.15, -0.1) is 0 Å². The Morgan fingerprint density at radius 3 is 1.98 bits per heavy atom.